The number of benzene rings is 1. The summed E-state index contributed by atoms with van der Waals surface area (Å²) < 4.78 is 36.0. The Kier molecular flexibility index (Phi) is 3.44. The third-order valence-electron chi connectivity index (χ3n) is 2.03. The van der Waals surface area contributed by atoms with Gasteiger partial charge in [-0.2, -0.15) is 8.78 Å². The monoisotopic (exact) mass is 280 g/mol. The fourth-order valence-electron chi connectivity index (χ4n) is 1.22. The van der Waals surface area contributed by atoms with Gasteiger partial charge in [-0.15, -0.1) is 0 Å². The zero-order valence-electron chi connectivity index (χ0n) is 8.36. The van der Waals surface area contributed by atoms with Crippen LogP contribution in [0.3, 0.4) is 0 Å². The van der Waals surface area contributed by atoms with Crippen LogP contribution in [0.5, 0.6) is 0 Å². The molecule has 0 N–H and O–H groups in total. The fourth-order valence-corrected chi connectivity index (χ4v) is 2.18. The maximum absolute atomic E-state index is 13.7. The van der Waals surface area contributed by atoms with Crippen molar-refractivity contribution in [3.63, 3.8) is 0 Å². The Hall–Kier alpha value is -1.01. The number of ether oxygens (including phenoxy) is 2. The normalized spacial score (nSPS) is 19.9. The number of carbonyl (C=O) groups is 1. The van der Waals surface area contributed by atoms with E-state index in [-0.39, 0.29) is 0 Å². The summed E-state index contributed by atoms with van der Waals surface area (Å²) in [6.45, 7) is -0.438. The first-order valence-electron chi connectivity index (χ1n) is 4.63. The average Bonchev–Trinajstić information content (AvgIpc) is 2.69. The number of halogens is 3. The summed E-state index contributed by atoms with van der Waals surface area (Å²) in [4.78, 5) is 10.9. The highest BCUT2D eigenvalue weighted by Crippen LogP contribution is 2.41. The second-order valence-electron chi connectivity index (χ2n) is 3.29. The second-order valence-corrected chi connectivity index (χ2v) is 4.94. The predicted octanol–water partition coefficient (Wildman–Crippen LogP) is 3.56. The van der Waals surface area contributed by atoms with E-state index in [9.17, 15) is 13.6 Å². The largest absolute Gasteiger partial charge is 0.509 e. The quantitative estimate of drug-likeness (QED) is 0.626. The standard InChI is InChI=1S/C10H7ClF2O3S/c11-6-1-3-7(4-2-6)17-10(12,13)8-5-15-9(14)16-8/h1-4,8H,5H2. The van der Waals surface area contributed by atoms with Gasteiger partial charge in [0.05, 0.1) is 0 Å². The number of hydrogen-bond acceptors (Lipinski definition) is 4. The van der Waals surface area contributed by atoms with Crippen LogP contribution in [-0.4, -0.2) is 24.1 Å². The van der Waals surface area contributed by atoms with E-state index in [0.717, 1.165) is 0 Å². The van der Waals surface area contributed by atoms with Crippen LogP contribution in [0.1, 0.15) is 0 Å². The molecule has 0 saturated carbocycles. The molecule has 17 heavy (non-hydrogen) atoms. The van der Waals surface area contributed by atoms with Gasteiger partial charge in [-0.25, -0.2) is 4.79 Å². The number of thioether (sulfide) groups is 1. The van der Waals surface area contributed by atoms with Crippen molar-refractivity contribution in [2.45, 2.75) is 16.3 Å². The van der Waals surface area contributed by atoms with Crippen molar-refractivity contribution in [3.05, 3.63) is 29.3 Å². The van der Waals surface area contributed by atoms with Crippen LogP contribution >= 0.6 is 23.4 Å². The lowest BCUT2D eigenvalue weighted by molar-refractivity contribution is -0.0185. The highest BCUT2D eigenvalue weighted by Gasteiger charge is 2.48. The highest BCUT2D eigenvalue weighted by molar-refractivity contribution is 8.00. The van der Waals surface area contributed by atoms with Crippen molar-refractivity contribution in [1.29, 1.82) is 0 Å². The SMILES string of the molecule is O=C1OCC(C(F)(F)Sc2ccc(Cl)cc2)O1. The van der Waals surface area contributed by atoms with E-state index < -0.39 is 24.1 Å². The molecular formula is C10H7ClF2O3S. The fraction of sp³-hybridized carbons (Fsp3) is 0.300. The van der Waals surface area contributed by atoms with Crippen molar-refractivity contribution in [2.75, 3.05) is 6.61 Å². The lowest BCUT2D eigenvalue weighted by Crippen LogP contribution is -2.32. The van der Waals surface area contributed by atoms with Gasteiger partial charge in [0, 0.05) is 9.92 Å². The minimum Gasteiger partial charge on any atom is -0.430 e. The maximum Gasteiger partial charge on any atom is 0.509 e. The van der Waals surface area contributed by atoms with Crippen molar-refractivity contribution >= 4 is 29.5 Å². The third kappa shape index (κ3) is 3.01. The minimum atomic E-state index is -3.24. The van der Waals surface area contributed by atoms with Crippen molar-refractivity contribution < 1.29 is 23.0 Å². The molecule has 0 aliphatic carbocycles. The zero-order valence-corrected chi connectivity index (χ0v) is 9.93. The van der Waals surface area contributed by atoms with Gasteiger partial charge in [0.1, 0.15) is 6.61 Å². The first-order valence-corrected chi connectivity index (χ1v) is 5.82. The molecule has 1 unspecified atom stereocenters. The molecule has 0 bridgehead atoms. The first-order chi connectivity index (χ1) is 7.97. The number of alkyl halides is 2. The van der Waals surface area contributed by atoms with Crippen LogP contribution in [0, 0.1) is 0 Å². The summed E-state index contributed by atoms with van der Waals surface area (Å²) in [6, 6.07) is 5.96. The van der Waals surface area contributed by atoms with Crippen LogP contribution in [0.25, 0.3) is 0 Å². The molecule has 1 fully saturated rings. The number of rotatable bonds is 3. The van der Waals surface area contributed by atoms with Crippen molar-refractivity contribution in [1.82, 2.24) is 0 Å². The Bertz CT molecular complexity index is 424. The Morgan fingerprint density at radius 1 is 1.35 bits per heavy atom. The van der Waals surface area contributed by atoms with Gasteiger partial charge >= 0.3 is 11.4 Å². The van der Waals surface area contributed by atoms with Gasteiger partial charge in [0.25, 0.3) is 0 Å². The molecule has 1 aliphatic rings. The molecule has 0 radical (unpaired) electrons. The highest BCUT2D eigenvalue weighted by atomic mass is 35.5. The van der Waals surface area contributed by atoms with E-state index in [1.54, 1.807) is 0 Å². The van der Waals surface area contributed by atoms with E-state index in [2.05, 4.69) is 9.47 Å². The first kappa shape index (κ1) is 12.4. The van der Waals surface area contributed by atoms with Crippen LogP contribution in [0.4, 0.5) is 13.6 Å². The van der Waals surface area contributed by atoms with Crippen LogP contribution in [0.15, 0.2) is 29.2 Å². The number of carbonyl (C=O) groups excluding carboxylic acids is 1. The topological polar surface area (TPSA) is 35.5 Å². The summed E-state index contributed by atoms with van der Waals surface area (Å²) in [5.74, 6) is 0. The molecule has 0 spiro atoms. The molecule has 92 valence electrons. The maximum atomic E-state index is 13.7. The Balaban J connectivity index is 2.06. The van der Waals surface area contributed by atoms with E-state index in [0.29, 0.717) is 21.7 Å². The van der Waals surface area contributed by atoms with E-state index in [1.165, 1.54) is 24.3 Å². The molecule has 1 aromatic rings. The molecule has 1 saturated heterocycles. The van der Waals surface area contributed by atoms with E-state index in [4.69, 9.17) is 11.6 Å². The Morgan fingerprint density at radius 3 is 2.53 bits per heavy atom. The summed E-state index contributed by atoms with van der Waals surface area (Å²) >= 11 is 5.95. The average molecular weight is 281 g/mol. The summed E-state index contributed by atoms with van der Waals surface area (Å²) in [7, 11) is 0. The molecule has 1 aromatic carbocycles. The van der Waals surface area contributed by atoms with Gasteiger partial charge in [-0.05, 0) is 36.0 Å². The second kappa shape index (κ2) is 4.70. The van der Waals surface area contributed by atoms with Gasteiger partial charge in [-0.3, -0.25) is 0 Å². The zero-order chi connectivity index (χ0) is 12.5. The minimum absolute atomic E-state index is 0.305. The smallest absolute Gasteiger partial charge is 0.430 e. The molecule has 3 nitrogen and oxygen atoms in total. The lowest BCUT2D eigenvalue weighted by Gasteiger charge is -2.19. The molecule has 1 atom stereocenters. The molecule has 0 aromatic heterocycles. The van der Waals surface area contributed by atoms with E-state index >= 15 is 0 Å². The van der Waals surface area contributed by atoms with Crippen LogP contribution < -0.4 is 0 Å². The summed E-state index contributed by atoms with van der Waals surface area (Å²) in [5, 5.41) is -2.77. The molecule has 1 aliphatic heterocycles. The molecule has 0 amide bonds. The number of hydrogen-bond donors (Lipinski definition) is 0. The lowest BCUT2D eigenvalue weighted by atomic mass is 10.4. The predicted molar refractivity (Wildman–Crippen MR) is 58.5 cm³/mol. The van der Waals surface area contributed by atoms with Gasteiger partial charge in [0.15, 0.2) is 0 Å². The van der Waals surface area contributed by atoms with Crippen molar-refractivity contribution in [2.24, 2.45) is 0 Å². The van der Waals surface area contributed by atoms with Crippen LogP contribution in [0.2, 0.25) is 5.02 Å². The summed E-state index contributed by atoms with van der Waals surface area (Å²) in [6.07, 6.45) is -2.62. The van der Waals surface area contributed by atoms with Gasteiger partial charge < -0.3 is 9.47 Å². The Labute approximate surface area is 105 Å². The molecule has 1 heterocycles. The molecule has 2 rings (SSSR count). The number of cyclic esters (lactones) is 2. The third-order valence-corrected chi connectivity index (χ3v) is 3.33. The molecule has 7 heteroatoms. The molecular weight excluding hydrogens is 274 g/mol. The van der Waals surface area contributed by atoms with Gasteiger partial charge in [-0.1, -0.05) is 11.6 Å². The van der Waals surface area contributed by atoms with Gasteiger partial charge in [0.2, 0.25) is 6.10 Å². The Morgan fingerprint density at radius 2 is 2.00 bits per heavy atom. The van der Waals surface area contributed by atoms with E-state index in [1.807, 2.05) is 0 Å². The summed E-state index contributed by atoms with van der Waals surface area (Å²) in [5.41, 5.74) is 0. The van der Waals surface area contributed by atoms with Crippen LogP contribution in [-0.2, 0) is 9.47 Å². The van der Waals surface area contributed by atoms with Crippen molar-refractivity contribution in [3.8, 4) is 0 Å².